The molecule has 4 N–H and O–H groups in total. The molecular weight excluding hydrogens is 206 g/mol. The molecule has 0 aliphatic rings. The summed E-state index contributed by atoms with van der Waals surface area (Å²) in [5.74, 6) is 5.29. The third-order valence-electron chi connectivity index (χ3n) is 2.12. The van der Waals surface area contributed by atoms with Gasteiger partial charge in [-0.3, -0.25) is 10.2 Å². The quantitative estimate of drug-likeness (QED) is 0.383. The van der Waals surface area contributed by atoms with Crippen molar-refractivity contribution >= 4 is 22.6 Å². The SMILES string of the molecule is NNC(=O)CNc1ncnc2ccccc12. The molecule has 0 fully saturated rings. The van der Waals surface area contributed by atoms with Crippen LogP contribution in [-0.4, -0.2) is 22.4 Å². The maximum absolute atomic E-state index is 11.0. The van der Waals surface area contributed by atoms with E-state index in [1.807, 2.05) is 29.7 Å². The first-order valence-electron chi connectivity index (χ1n) is 4.74. The Morgan fingerprint density at radius 1 is 1.31 bits per heavy atom. The van der Waals surface area contributed by atoms with Crippen LogP contribution in [0.3, 0.4) is 0 Å². The molecule has 1 aromatic heterocycles. The van der Waals surface area contributed by atoms with Gasteiger partial charge in [-0.15, -0.1) is 0 Å². The van der Waals surface area contributed by atoms with E-state index in [9.17, 15) is 4.79 Å². The third-order valence-corrected chi connectivity index (χ3v) is 2.12. The minimum Gasteiger partial charge on any atom is -0.360 e. The van der Waals surface area contributed by atoms with Crippen LogP contribution < -0.4 is 16.6 Å². The van der Waals surface area contributed by atoms with E-state index >= 15 is 0 Å². The lowest BCUT2D eigenvalue weighted by molar-refractivity contribution is -0.119. The summed E-state index contributed by atoms with van der Waals surface area (Å²) in [7, 11) is 0. The second-order valence-electron chi connectivity index (χ2n) is 3.16. The number of hydrogen-bond donors (Lipinski definition) is 3. The number of hydrogen-bond acceptors (Lipinski definition) is 5. The lowest BCUT2D eigenvalue weighted by Gasteiger charge is -2.06. The van der Waals surface area contributed by atoms with Crippen molar-refractivity contribution in [2.24, 2.45) is 5.84 Å². The van der Waals surface area contributed by atoms with E-state index in [0.717, 1.165) is 10.9 Å². The van der Waals surface area contributed by atoms with Crippen molar-refractivity contribution in [1.82, 2.24) is 15.4 Å². The van der Waals surface area contributed by atoms with E-state index in [4.69, 9.17) is 5.84 Å². The number of carbonyl (C=O) groups is 1. The van der Waals surface area contributed by atoms with Crippen molar-refractivity contribution in [3.8, 4) is 0 Å². The highest BCUT2D eigenvalue weighted by Crippen LogP contribution is 2.17. The fraction of sp³-hybridized carbons (Fsp3) is 0.100. The zero-order chi connectivity index (χ0) is 11.4. The molecule has 1 aromatic carbocycles. The summed E-state index contributed by atoms with van der Waals surface area (Å²) in [6.07, 6.45) is 1.45. The number of rotatable bonds is 3. The van der Waals surface area contributed by atoms with Gasteiger partial charge in [0.15, 0.2) is 0 Å². The summed E-state index contributed by atoms with van der Waals surface area (Å²) >= 11 is 0. The molecule has 0 aliphatic carbocycles. The van der Waals surface area contributed by atoms with Crippen LogP contribution in [0.25, 0.3) is 10.9 Å². The molecule has 2 rings (SSSR count). The number of benzene rings is 1. The van der Waals surface area contributed by atoms with Gasteiger partial charge in [0.05, 0.1) is 12.1 Å². The molecule has 1 amide bonds. The summed E-state index contributed by atoms with van der Waals surface area (Å²) in [5, 5.41) is 3.77. The van der Waals surface area contributed by atoms with Crippen molar-refractivity contribution < 1.29 is 4.79 Å². The van der Waals surface area contributed by atoms with Gasteiger partial charge < -0.3 is 5.32 Å². The highest BCUT2D eigenvalue weighted by molar-refractivity contribution is 5.90. The fourth-order valence-corrected chi connectivity index (χ4v) is 1.36. The Morgan fingerprint density at radius 2 is 2.12 bits per heavy atom. The monoisotopic (exact) mass is 217 g/mol. The smallest absolute Gasteiger partial charge is 0.253 e. The number of fused-ring (bicyclic) bond motifs is 1. The largest absolute Gasteiger partial charge is 0.360 e. The highest BCUT2D eigenvalue weighted by atomic mass is 16.2. The van der Waals surface area contributed by atoms with Crippen LogP contribution in [-0.2, 0) is 4.79 Å². The van der Waals surface area contributed by atoms with Gasteiger partial charge in [0.1, 0.15) is 12.1 Å². The summed E-state index contributed by atoms with van der Waals surface area (Å²) in [5.41, 5.74) is 2.87. The van der Waals surface area contributed by atoms with E-state index in [0.29, 0.717) is 5.82 Å². The Bertz CT molecular complexity index is 508. The maximum Gasteiger partial charge on any atom is 0.253 e. The van der Waals surface area contributed by atoms with E-state index in [1.54, 1.807) is 0 Å². The average molecular weight is 217 g/mol. The summed E-state index contributed by atoms with van der Waals surface area (Å²) in [6.45, 7) is 0.0809. The Labute approximate surface area is 91.9 Å². The van der Waals surface area contributed by atoms with Gasteiger partial charge >= 0.3 is 0 Å². The van der Waals surface area contributed by atoms with Crippen molar-refractivity contribution in [3.63, 3.8) is 0 Å². The lowest BCUT2D eigenvalue weighted by Crippen LogP contribution is -2.35. The van der Waals surface area contributed by atoms with Crippen LogP contribution >= 0.6 is 0 Å². The Kier molecular flexibility index (Phi) is 2.93. The predicted octanol–water partition coefficient (Wildman–Crippen LogP) is 0.0316. The van der Waals surface area contributed by atoms with E-state index < -0.39 is 0 Å². The standard InChI is InChI=1S/C10H11N5O/c11-15-9(16)5-12-10-7-3-1-2-4-8(7)13-6-14-10/h1-4,6H,5,11H2,(H,15,16)(H,12,13,14). The summed E-state index contributed by atoms with van der Waals surface area (Å²) < 4.78 is 0. The Hall–Kier alpha value is -2.21. The molecule has 0 aliphatic heterocycles. The number of carbonyl (C=O) groups excluding carboxylic acids is 1. The van der Waals surface area contributed by atoms with Crippen molar-refractivity contribution in [1.29, 1.82) is 0 Å². The normalized spacial score (nSPS) is 10.1. The number of nitrogens with one attached hydrogen (secondary N) is 2. The lowest BCUT2D eigenvalue weighted by atomic mass is 10.2. The fourth-order valence-electron chi connectivity index (χ4n) is 1.36. The predicted molar refractivity (Wildman–Crippen MR) is 60.4 cm³/mol. The molecule has 82 valence electrons. The summed E-state index contributed by atoms with van der Waals surface area (Å²) in [6, 6.07) is 7.55. The van der Waals surface area contributed by atoms with Gasteiger partial charge in [0, 0.05) is 5.39 Å². The topological polar surface area (TPSA) is 92.9 Å². The minimum absolute atomic E-state index is 0.0809. The third kappa shape index (κ3) is 2.06. The molecule has 6 nitrogen and oxygen atoms in total. The molecule has 0 atom stereocenters. The van der Waals surface area contributed by atoms with Gasteiger partial charge in [-0.25, -0.2) is 15.8 Å². The van der Waals surface area contributed by atoms with E-state index in [1.165, 1.54) is 6.33 Å². The van der Waals surface area contributed by atoms with Crippen LogP contribution in [0.4, 0.5) is 5.82 Å². The van der Waals surface area contributed by atoms with Crippen LogP contribution in [0.1, 0.15) is 0 Å². The van der Waals surface area contributed by atoms with Gasteiger partial charge in [-0.1, -0.05) is 12.1 Å². The molecule has 6 heteroatoms. The molecule has 0 radical (unpaired) electrons. The molecule has 0 saturated carbocycles. The number of nitrogens with two attached hydrogens (primary N) is 1. The molecule has 0 bridgehead atoms. The number of amides is 1. The van der Waals surface area contributed by atoms with E-state index in [-0.39, 0.29) is 12.5 Å². The first-order chi connectivity index (χ1) is 7.81. The Balaban J connectivity index is 2.27. The number of nitrogens with zero attached hydrogens (tertiary/aromatic N) is 2. The molecule has 0 saturated heterocycles. The van der Waals surface area contributed by atoms with Crippen LogP contribution in [0.5, 0.6) is 0 Å². The molecule has 16 heavy (non-hydrogen) atoms. The molecule has 0 unspecified atom stereocenters. The van der Waals surface area contributed by atoms with Crippen molar-refractivity contribution in [2.75, 3.05) is 11.9 Å². The highest BCUT2D eigenvalue weighted by Gasteiger charge is 2.03. The number of aromatic nitrogens is 2. The first-order valence-corrected chi connectivity index (χ1v) is 4.74. The number of para-hydroxylation sites is 1. The molecule has 0 spiro atoms. The van der Waals surface area contributed by atoms with Gasteiger partial charge in [0.2, 0.25) is 0 Å². The van der Waals surface area contributed by atoms with Crippen molar-refractivity contribution in [3.05, 3.63) is 30.6 Å². The maximum atomic E-state index is 11.0. The van der Waals surface area contributed by atoms with E-state index in [2.05, 4.69) is 15.3 Å². The zero-order valence-electron chi connectivity index (χ0n) is 8.47. The number of anilines is 1. The molecule has 1 heterocycles. The zero-order valence-corrected chi connectivity index (χ0v) is 8.47. The summed E-state index contributed by atoms with van der Waals surface area (Å²) in [4.78, 5) is 19.2. The average Bonchev–Trinajstić information content (AvgIpc) is 2.35. The number of hydrazine groups is 1. The molecular formula is C10H11N5O. The molecule has 2 aromatic rings. The second-order valence-corrected chi connectivity index (χ2v) is 3.16. The van der Waals surface area contributed by atoms with Gasteiger partial charge in [-0.2, -0.15) is 0 Å². The van der Waals surface area contributed by atoms with Crippen LogP contribution in [0.2, 0.25) is 0 Å². The first kappa shape index (κ1) is 10.3. The second kappa shape index (κ2) is 4.54. The van der Waals surface area contributed by atoms with Gasteiger partial charge in [0.25, 0.3) is 5.91 Å². The van der Waals surface area contributed by atoms with Crippen LogP contribution in [0, 0.1) is 0 Å². The Morgan fingerprint density at radius 3 is 2.94 bits per heavy atom. The minimum atomic E-state index is -0.303. The van der Waals surface area contributed by atoms with Crippen LogP contribution in [0.15, 0.2) is 30.6 Å². The van der Waals surface area contributed by atoms with Gasteiger partial charge in [-0.05, 0) is 12.1 Å². The van der Waals surface area contributed by atoms with Crippen molar-refractivity contribution in [2.45, 2.75) is 0 Å².